The molecule has 1 aliphatic carbocycles. The number of carbonyl (C=O) groups excluding carboxylic acids is 2. The van der Waals surface area contributed by atoms with Crippen LogP contribution in [0.3, 0.4) is 0 Å². The molecule has 1 aliphatic heterocycles. The van der Waals surface area contributed by atoms with Gasteiger partial charge in [-0.15, -0.1) is 0 Å². The number of esters is 1. The Morgan fingerprint density at radius 1 is 1.38 bits per heavy atom. The average Bonchev–Trinajstić information content (AvgIpc) is 2.31. The van der Waals surface area contributed by atoms with Gasteiger partial charge in [0.2, 0.25) is 5.78 Å². The fraction of sp³-hybridized carbons (Fsp3) is 0.800. The van der Waals surface area contributed by atoms with Crippen molar-refractivity contribution in [2.45, 2.75) is 29.1 Å². The second kappa shape index (κ2) is 3.54. The van der Waals surface area contributed by atoms with Crippen LogP contribution >= 0.6 is 47.8 Å². The van der Waals surface area contributed by atoms with Crippen molar-refractivity contribution in [2.24, 2.45) is 11.3 Å². The molecule has 16 heavy (non-hydrogen) atoms. The Hall–Kier alpha value is 0.580. The topological polar surface area (TPSA) is 43.4 Å². The van der Waals surface area contributed by atoms with Crippen LogP contribution in [0.4, 0.5) is 0 Å². The summed E-state index contributed by atoms with van der Waals surface area (Å²) < 4.78 is 4.54. The smallest absolute Gasteiger partial charge is 0.310 e. The Morgan fingerprint density at radius 2 is 1.94 bits per heavy atom. The third kappa shape index (κ3) is 1.35. The van der Waals surface area contributed by atoms with E-state index in [4.69, 9.17) is 4.74 Å². The molecule has 0 radical (unpaired) electrons. The molecule has 90 valence electrons. The number of carbonyl (C=O) groups is 2. The van der Waals surface area contributed by atoms with E-state index in [9.17, 15) is 9.59 Å². The van der Waals surface area contributed by atoms with E-state index in [-0.39, 0.29) is 17.7 Å². The van der Waals surface area contributed by atoms with Crippen LogP contribution in [0.1, 0.15) is 20.3 Å². The lowest BCUT2D eigenvalue weighted by molar-refractivity contribution is -0.158. The predicted molar refractivity (Wildman–Crippen MR) is 70.1 cm³/mol. The first-order valence-corrected chi connectivity index (χ1v) is 7.61. The van der Waals surface area contributed by atoms with E-state index in [1.807, 2.05) is 13.8 Å². The van der Waals surface area contributed by atoms with Crippen molar-refractivity contribution in [3.8, 4) is 0 Å². The molecule has 0 aromatic carbocycles. The number of fused-ring (bicyclic) bond motifs is 2. The summed E-state index contributed by atoms with van der Waals surface area (Å²) in [5.74, 6) is -0.663. The zero-order valence-electron chi connectivity index (χ0n) is 8.85. The summed E-state index contributed by atoms with van der Waals surface area (Å²) in [6.45, 7) is 3.83. The number of halogens is 3. The maximum Gasteiger partial charge on any atom is 0.310 e. The van der Waals surface area contributed by atoms with Gasteiger partial charge >= 0.3 is 5.97 Å². The quantitative estimate of drug-likeness (QED) is 0.486. The van der Waals surface area contributed by atoms with Crippen molar-refractivity contribution in [1.82, 2.24) is 0 Å². The summed E-state index contributed by atoms with van der Waals surface area (Å²) in [6.07, 6.45) is 0.423. The van der Waals surface area contributed by atoms with Crippen LogP contribution in [-0.2, 0) is 14.3 Å². The van der Waals surface area contributed by atoms with Gasteiger partial charge in [-0.05, 0) is 6.42 Å². The van der Waals surface area contributed by atoms with Crippen LogP contribution in [0.25, 0.3) is 0 Å². The average molecular weight is 419 g/mol. The van der Waals surface area contributed by atoms with Gasteiger partial charge in [0.1, 0.15) is 3.23 Å². The molecule has 1 saturated heterocycles. The first-order valence-electron chi connectivity index (χ1n) is 4.90. The number of ether oxygens (including phenoxy) is 1. The van der Waals surface area contributed by atoms with Gasteiger partial charge < -0.3 is 4.74 Å². The second-order valence-corrected chi connectivity index (χ2v) is 9.23. The Morgan fingerprint density at radius 3 is 2.44 bits per heavy atom. The lowest BCUT2D eigenvalue weighted by atomic mass is 9.62. The first kappa shape index (κ1) is 13.0. The SMILES string of the molecule is CC1(C)[C@@H]2CC(Br)(Br)C(=O)[C@@]1(CBr)OC2=O. The number of hydrogen-bond donors (Lipinski definition) is 0. The Labute approximate surface area is 119 Å². The zero-order valence-corrected chi connectivity index (χ0v) is 13.6. The molecule has 0 amide bonds. The fourth-order valence-electron chi connectivity index (χ4n) is 2.53. The van der Waals surface area contributed by atoms with Crippen molar-refractivity contribution in [3.05, 3.63) is 0 Å². The van der Waals surface area contributed by atoms with E-state index >= 15 is 0 Å². The molecule has 2 bridgehead atoms. The second-order valence-electron chi connectivity index (χ2n) is 4.89. The number of rotatable bonds is 1. The van der Waals surface area contributed by atoms with Gasteiger partial charge in [-0.2, -0.15) is 0 Å². The van der Waals surface area contributed by atoms with Crippen molar-refractivity contribution in [3.63, 3.8) is 0 Å². The van der Waals surface area contributed by atoms with Crippen molar-refractivity contribution in [2.75, 3.05) is 5.33 Å². The fourth-order valence-corrected chi connectivity index (χ4v) is 4.91. The Balaban J connectivity index is 2.61. The summed E-state index contributed by atoms with van der Waals surface area (Å²) in [4.78, 5) is 24.2. The molecule has 2 atom stereocenters. The van der Waals surface area contributed by atoms with Gasteiger partial charge in [-0.1, -0.05) is 61.6 Å². The van der Waals surface area contributed by atoms with Crippen LogP contribution < -0.4 is 0 Å². The van der Waals surface area contributed by atoms with E-state index in [1.165, 1.54) is 0 Å². The van der Waals surface area contributed by atoms with E-state index in [2.05, 4.69) is 47.8 Å². The minimum Gasteiger partial charge on any atom is -0.449 e. The van der Waals surface area contributed by atoms with E-state index in [1.54, 1.807) is 0 Å². The minimum absolute atomic E-state index is 0.121. The molecule has 1 heterocycles. The van der Waals surface area contributed by atoms with Gasteiger partial charge in [0.05, 0.1) is 11.2 Å². The summed E-state index contributed by atoms with van der Waals surface area (Å²) in [7, 11) is 0. The lowest BCUT2D eigenvalue weighted by Gasteiger charge is -2.45. The highest BCUT2D eigenvalue weighted by Gasteiger charge is 2.72. The summed E-state index contributed by atoms with van der Waals surface area (Å²) in [6, 6.07) is 0. The summed E-state index contributed by atoms with van der Waals surface area (Å²) in [5.41, 5.74) is -1.55. The largest absolute Gasteiger partial charge is 0.449 e. The Kier molecular flexibility index (Phi) is 2.88. The van der Waals surface area contributed by atoms with Crippen LogP contribution in [0.5, 0.6) is 0 Å². The summed E-state index contributed by atoms with van der Waals surface area (Å²) >= 11 is 10.0. The molecule has 0 aromatic rings. The Bertz CT molecular complexity index is 378. The van der Waals surface area contributed by atoms with Gasteiger partial charge in [0.15, 0.2) is 5.60 Å². The number of Topliss-reactive ketones (excluding diaryl/α,β-unsaturated/α-hetero) is 1. The number of alkyl halides is 3. The third-order valence-electron chi connectivity index (χ3n) is 3.82. The number of hydrogen-bond acceptors (Lipinski definition) is 3. The molecule has 2 aliphatic rings. The normalized spacial score (nSPS) is 39.7. The standard InChI is InChI=1S/C10H11Br3O3/c1-8(2)5-3-10(12,13)7(15)9(8,4-11)16-6(5)14/h5H,3-4H2,1-2H3/t5-,9-/m1/s1. The molecule has 2 rings (SSSR count). The molecule has 0 spiro atoms. The zero-order chi connectivity index (χ0) is 12.4. The molecule has 0 aromatic heterocycles. The molecule has 3 nitrogen and oxygen atoms in total. The van der Waals surface area contributed by atoms with Gasteiger partial charge in [-0.3, -0.25) is 9.59 Å². The monoisotopic (exact) mass is 416 g/mol. The maximum atomic E-state index is 12.4. The maximum absolute atomic E-state index is 12.4. The van der Waals surface area contributed by atoms with Gasteiger partial charge in [0, 0.05) is 5.41 Å². The minimum atomic E-state index is -1.07. The van der Waals surface area contributed by atoms with Crippen LogP contribution in [0.2, 0.25) is 0 Å². The van der Waals surface area contributed by atoms with Crippen molar-refractivity contribution >= 4 is 59.5 Å². The highest BCUT2D eigenvalue weighted by Crippen LogP contribution is 2.60. The van der Waals surface area contributed by atoms with E-state index in [0.29, 0.717) is 11.8 Å². The molecular weight excluding hydrogens is 408 g/mol. The van der Waals surface area contributed by atoms with Crippen LogP contribution in [0.15, 0.2) is 0 Å². The van der Waals surface area contributed by atoms with Crippen LogP contribution in [-0.4, -0.2) is 25.9 Å². The van der Waals surface area contributed by atoms with E-state index < -0.39 is 14.2 Å². The van der Waals surface area contributed by atoms with E-state index in [0.717, 1.165) is 0 Å². The lowest BCUT2D eigenvalue weighted by Crippen LogP contribution is -2.61. The first-order chi connectivity index (χ1) is 7.19. The van der Waals surface area contributed by atoms with Crippen molar-refractivity contribution in [1.29, 1.82) is 0 Å². The van der Waals surface area contributed by atoms with Crippen molar-refractivity contribution < 1.29 is 14.3 Å². The number of ketones is 1. The van der Waals surface area contributed by atoms with Crippen LogP contribution in [0, 0.1) is 11.3 Å². The van der Waals surface area contributed by atoms with Gasteiger partial charge in [-0.25, -0.2) is 0 Å². The highest BCUT2D eigenvalue weighted by molar-refractivity contribution is 9.26. The molecule has 2 fully saturated rings. The third-order valence-corrected chi connectivity index (χ3v) is 5.98. The van der Waals surface area contributed by atoms with Gasteiger partial charge in [0.25, 0.3) is 0 Å². The molecule has 0 unspecified atom stereocenters. The molecule has 0 N–H and O–H groups in total. The molecular formula is C10H11Br3O3. The predicted octanol–water partition coefficient (Wildman–Crippen LogP) is 2.78. The summed E-state index contributed by atoms with van der Waals surface area (Å²) in [5, 5.41) is 0.326. The molecule has 6 heteroatoms. The molecule has 1 saturated carbocycles. The highest BCUT2D eigenvalue weighted by atomic mass is 79.9.